The van der Waals surface area contributed by atoms with Crippen molar-refractivity contribution in [2.24, 2.45) is 5.73 Å². The van der Waals surface area contributed by atoms with E-state index in [0.717, 1.165) is 17.0 Å². The summed E-state index contributed by atoms with van der Waals surface area (Å²) < 4.78 is 6.48. The van der Waals surface area contributed by atoms with Crippen LogP contribution in [0.3, 0.4) is 0 Å². The predicted molar refractivity (Wildman–Crippen MR) is 78.4 cm³/mol. The van der Waals surface area contributed by atoms with Crippen molar-refractivity contribution in [1.29, 1.82) is 0 Å². The van der Waals surface area contributed by atoms with Crippen LogP contribution in [0.2, 0.25) is 0 Å². The summed E-state index contributed by atoms with van der Waals surface area (Å²) in [5, 5.41) is 9.95. The quantitative estimate of drug-likeness (QED) is 0.826. The molecule has 112 valence electrons. The van der Waals surface area contributed by atoms with Crippen LogP contribution in [-0.4, -0.2) is 33.8 Å². The van der Waals surface area contributed by atoms with Gasteiger partial charge >= 0.3 is 5.97 Å². The highest BCUT2D eigenvalue weighted by molar-refractivity contribution is 5.75. The third kappa shape index (κ3) is 2.90. The maximum atomic E-state index is 11.4. The molecule has 0 saturated carbocycles. The maximum Gasteiger partial charge on any atom is 0.322 e. The van der Waals surface area contributed by atoms with E-state index in [1.807, 2.05) is 24.5 Å². The molecule has 0 aliphatic rings. The fourth-order valence-corrected chi connectivity index (χ4v) is 2.39. The van der Waals surface area contributed by atoms with Crippen molar-refractivity contribution in [3.63, 3.8) is 0 Å². The Bertz CT molecular complexity index is 664. The van der Waals surface area contributed by atoms with E-state index in [4.69, 9.17) is 5.73 Å². The van der Waals surface area contributed by atoms with Crippen LogP contribution in [0.5, 0.6) is 5.75 Å². The van der Waals surface area contributed by atoms with Crippen LogP contribution in [-0.2, 0) is 16.0 Å². The molecule has 0 aromatic carbocycles. The molecule has 0 spiro atoms. The van der Waals surface area contributed by atoms with E-state index in [1.54, 1.807) is 18.3 Å². The molecule has 6 nitrogen and oxygen atoms in total. The van der Waals surface area contributed by atoms with Gasteiger partial charge in [0.1, 0.15) is 6.04 Å². The Morgan fingerprint density at radius 1 is 1.52 bits per heavy atom. The Labute approximate surface area is 123 Å². The lowest BCUT2D eigenvalue weighted by Crippen LogP contribution is -2.33. The van der Waals surface area contributed by atoms with Crippen LogP contribution in [0.4, 0.5) is 0 Å². The van der Waals surface area contributed by atoms with Crippen LogP contribution >= 0.6 is 0 Å². The van der Waals surface area contributed by atoms with Crippen LogP contribution in [0.1, 0.15) is 17.0 Å². The highest BCUT2D eigenvalue weighted by atomic mass is 16.5. The summed E-state index contributed by atoms with van der Waals surface area (Å²) in [6.45, 7) is 3.81. The summed E-state index contributed by atoms with van der Waals surface area (Å²) in [7, 11) is 1.32. The molecule has 2 aromatic rings. The summed E-state index contributed by atoms with van der Waals surface area (Å²) in [5.41, 5.74) is 8.53. The molecule has 0 saturated heterocycles. The van der Waals surface area contributed by atoms with Crippen molar-refractivity contribution in [3.8, 4) is 11.6 Å². The van der Waals surface area contributed by atoms with Gasteiger partial charge in [-0.1, -0.05) is 0 Å². The average molecular weight is 289 g/mol. The Morgan fingerprint density at radius 3 is 2.86 bits per heavy atom. The molecule has 0 radical (unpaired) electrons. The summed E-state index contributed by atoms with van der Waals surface area (Å²) in [6.07, 6.45) is 1.99. The van der Waals surface area contributed by atoms with Crippen molar-refractivity contribution in [3.05, 3.63) is 41.3 Å². The first kappa shape index (κ1) is 15.1. The Kier molecular flexibility index (Phi) is 4.28. The van der Waals surface area contributed by atoms with Crippen molar-refractivity contribution in [2.75, 3.05) is 7.11 Å². The number of hydrogen-bond acceptors (Lipinski definition) is 5. The van der Waals surface area contributed by atoms with Gasteiger partial charge in [0.15, 0.2) is 11.6 Å². The molecule has 0 aliphatic carbocycles. The predicted octanol–water partition coefficient (Wildman–Crippen LogP) is 1.24. The number of aromatic nitrogens is 2. The number of nitrogens with two attached hydrogens (primary N) is 1. The molecule has 1 unspecified atom stereocenters. The first-order chi connectivity index (χ1) is 9.95. The van der Waals surface area contributed by atoms with E-state index < -0.39 is 12.0 Å². The number of esters is 1. The number of rotatable bonds is 4. The van der Waals surface area contributed by atoms with Gasteiger partial charge in [-0.2, -0.15) is 0 Å². The van der Waals surface area contributed by atoms with Gasteiger partial charge in [0, 0.05) is 24.0 Å². The van der Waals surface area contributed by atoms with E-state index in [1.165, 1.54) is 7.11 Å². The Morgan fingerprint density at radius 2 is 2.24 bits per heavy atom. The molecule has 0 bridgehead atoms. The molecular formula is C15H19N3O3. The Hall–Kier alpha value is -2.34. The zero-order valence-corrected chi connectivity index (χ0v) is 12.3. The minimum Gasteiger partial charge on any atom is -0.504 e. The van der Waals surface area contributed by atoms with Gasteiger partial charge in [-0.3, -0.25) is 9.36 Å². The summed E-state index contributed by atoms with van der Waals surface area (Å²) in [6, 6.07) is 4.48. The molecule has 0 fully saturated rings. The normalized spacial score (nSPS) is 12.2. The molecule has 21 heavy (non-hydrogen) atoms. The standard InChI is InChI=1S/C15H19N3O3/c1-9-7-11(8-12(16)15(20)21-3)10(2)18(9)14-13(19)5-4-6-17-14/h4-7,12,19H,8,16H2,1-3H3. The van der Waals surface area contributed by atoms with Gasteiger partial charge in [0.25, 0.3) is 0 Å². The topological polar surface area (TPSA) is 90.4 Å². The maximum absolute atomic E-state index is 11.4. The van der Waals surface area contributed by atoms with Crippen LogP contribution in [0.15, 0.2) is 24.4 Å². The molecule has 6 heteroatoms. The van der Waals surface area contributed by atoms with Crippen LogP contribution in [0, 0.1) is 13.8 Å². The zero-order valence-electron chi connectivity index (χ0n) is 12.3. The summed E-state index contributed by atoms with van der Waals surface area (Å²) in [5.74, 6) is 0.119. The lowest BCUT2D eigenvalue weighted by molar-refractivity contribution is -0.142. The van der Waals surface area contributed by atoms with Gasteiger partial charge in [0.05, 0.1) is 7.11 Å². The first-order valence-corrected chi connectivity index (χ1v) is 6.61. The van der Waals surface area contributed by atoms with Gasteiger partial charge in [-0.05, 0) is 37.6 Å². The molecule has 3 N–H and O–H groups in total. The number of nitrogens with zero attached hydrogens (tertiary/aromatic N) is 2. The second-order valence-electron chi connectivity index (χ2n) is 4.91. The minimum absolute atomic E-state index is 0.100. The fraction of sp³-hybridized carbons (Fsp3) is 0.333. The third-order valence-corrected chi connectivity index (χ3v) is 3.46. The first-order valence-electron chi connectivity index (χ1n) is 6.61. The van der Waals surface area contributed by atoms with Crippen molar-refractivity contribution >= 4 is 5.97 Å². The van der Waals surface area contributed by atoms with Crippen molar-refractivity contribution in [2.45, 2.75) is 26.3 Å². The molecule has 2 aromatic heterocycles. The van der Waals surface area contributed by atoms with Gasteiger partial charge in [-0.25, -0.2) is 4.98 Å². The second kappa shape index (κ2) is 5.97. The molecule has 0 aliphatic heterocycles. The molecular weight excluding hydrogens is 270 g/mol. The second-order valence-corrected chi connectivity index (χ2v) is 4.91. The molecule has 0 amide bonds. The highest BCUT2D eigenvalue weighted by Crippen LogP contribution is 2.25. The van der Waals surface area contributed by atoms with Crippen LogP contribution < -0.4 is 5.73 Å². The van der Waals surface area contributed by atoms with Gasteiger partial charge in [0.2, 0.25) is 0 Å². The number of hydrogen-bond donors (Lipinski definition) is 2. The number of pyridine rings is 1. The van der Waals surface area contributed by atoms with Gasteiger partial charge in [-0.15, -0.1) is 0 Å². The smallest absolute Gasteiger partial charge is 0.322 e. The average Bonchev–Trinajstić information content (AvgIpc) is 2.73. The number of carbonyl (C=O) groups is 1. The molecule has 2 rings (SSSR count). The lowest BCUT2D eigenvalue weighted by Gasteiger charge is -2.11. The van der Waals surface area contributed by atoms with E-state index in [9.17, 15) is 9.90 Å². The number of carbonyl (C=O) groups excluding carboxylic acids is 1. The summed E-state index contributed by atoms with van der Waals surface area (Å²) >= 11 is 0. The third-order valence-electron chi connectivity index (χ3n) is 3.46. The van der Waals surface area contributed by atoms with E-state index in [-0.39, 0.29) is 5.75 Å². The lowest BCUT2D eigenvalue weighted by atomic mass is 10.1. The largest absolute Gasteiger partial charge is 0.504 e. The monoisotopic (exact) mass is 289 g/mol. The molecule has 1 atom stereocenters. The number of ether oxygens (including phenoxy) is 1. The van der Waals surface area contributed by atoms with Crippen molar-refractivity contribution in [1.82, 2.24) is 9.55 Å². The van der Waals surface area contributed by atoms with E-state index in [0.29, 0.717) is 12.2 Å². The number of aryl methyl sites for hydroxylation is 1. The highest BCUT2D eigenvalue weighted by Gasteiger charge is 2.19. The molecule has 2 heterocycles. The number of methoxy groups -OCH3 is 1. The summed E-state index contributed by atoms with van der Waals surface area (Å²) in [4.78, 5) is 15.6. The SMILES string of the molecule is COC(=O)C(N)Cc1cc(C)n(-c2ncccc2O)c1C. The fourth-order valence-electron chi connectivity index (χ4n) is 2.39. The van der Waals surface area contributed by atoms with Crippen molar-refractivity contribution < 1.29 is 14.6 Å². The van der Waals surface area contributed by atoms with Crippen LogP contribution in [0.25, 0.3) is 5.82 Å². The van der Waals surface area contributed by atoms with Gasteiger partial charge < -0.3 is 15.6 Å². The minimum atomic E-state index is -0.707. The van der Waals surface area contributed by atoms with E-state index in [2.05, 4.69) is 9.72 Å². The number of aromatic hydroxyl groups is 1. The zero-order chi connectivity index (χ0) is 15.6. The van der Waals surface area contributed by atoms with E-state index >= 15 is 0 Å². The Balaban J connectivity index is 2.39.